The van der Waals surface area contributed by atoms with Gasteiger partial charge in [0.2, 0.25) is 0 Å². The molecule has 5 nitrogen and oxygen atoms in total. The number of hydrogen-bond donors (Lipinski definition) is 2. The van der Waals surface area contributed by atoms with Crippen LogP contribution in [0.1, 0.15) is 43.0 Å². The number of carboxylic acids is 1. The fourth-order valence-electron chi connectivity index (χ4n) is 2.80. The largest absolute Gasteiger partial charge is 0.480 e. The number of thiophene rings is 1. The molecule has 20 heavy (non-hydrogen) atoms. The van der Waals surface area contributed by atoms with E-state index in [0.717, 1.165) is 16.6 Å². The normalized spacial score (nSPS) is 19.6. The molecule has 0 unspecified atom stereocenters. The summed E-state index contributed by atoms with van der Waals surface area (Å²) in [6.07, 6.45) is 4.98. The zero-order valence-electron chi connectivity index (χ0n) is 11.5. The van der Waals surface area contributed by atoms with Gasteiger partial charge in [0.1, 0.15) is 23.0 Å². The van der Waals surface area contributed by atoms with Crippen LogP contribution in [-0.4, -0.2) is 27.1 Å². The number of aryl methyl sites for hydroxylation is 1. The second kappa shape index (κ2) is 5.01. The van der Waals surface area contributed by atoms with Crippen molar-refractivity contribution < 1.29 is 9.90 Å². The molecule has 2 atom stereocenters. The van der Waals surface area contributed by atoms with Crippen molar-refractivity contribution in [1.29, 1.82) is 0 Å². The topological polar surface area (TPSA) is 75.1 Å². The Morgan fingerprint density at radius 2 is 2.35 bits per heavy atom. The minimum Gasteiger partial charge on any atom is -0.480 e. The number of anilines is 1. The van der Waals surface area contributed by atoms with Crippen LogP contribution in [0.4, 0.5) is 5.82 Å². The summed E-state index contributed by atoms with van der Waals surface area (Å²) in [4.78, 5) is 22.0. The number of aliphatic carboxylic acids is 1. The molecule has 0 fully saturated rings. The number of nitrogens with zero attached hydrogens (tertiary/aromatic N) is 2. The molecule has 2 aromatic rings. The second-order valence-corrected chi connectivity index (χ2v) is 6.42. The van der Waals surface area contributed by atoms with E-state index in [-0.39, 0.29) is 0 Å². The van der Waals surface area contributed by atoms with Crippen molar-refractivity contribution in [1.82, 2.24) is 9.97 Å². The Labute approximate surface area is 121 Å². The van der Waals surface area contributed by atoms with E-state index in [4.69, 9.17) is 5.11 Å². The highest BCUT2D eigenvalue weighted by Crippen LogP contribution is 2.43. The Morgan fingerprint density at radius 1 is 1.55 bits per heavy atom. The van der Waals surface area contributed by atoms with E-state index in [9.17, 15) is 4.79 Å². The summed E-state index contributed by atoms with van der Waals surface area (Å²) in [5.74, 6) is 0.254. The van der Waals surface area contributed by atoms with Crippen LogP contribution in [-0.2, 0) is 11.2 Å². The van der Waals surface area contributed by atoms with Gasteiger partial charge in [0.05, 0.1) is 5.39 Å². The highest BCUT2D eigenvalue weighted by atomic mass is 32.1. The van der Waals surface area contributed by atoms with Crippen molar-refractivity contribution in [3.8, 4) is 0 Å². The quantitative estimate of drug-likeness (QED) is 0.909. The van der Waals surface area contributed by atoms with Crippen LogP contribution < -0.4 is 5.32 Å². The number of hydrogen-bond acceptors (Lipinski definition) is 5. The maximum Gasteiger partial charge on any atom is 0.325 e. The van der Waals surface area contributed by atoms with Crippen LogP contribution in [0.25, 0.3) is 10.2 Å². The van der Waals surface area contributed by atoms with Gasteiger partial charge in [-0.15, -0.1) is 11.3 Å². The maximum absolute atomic E-state index is 11.0. The highest BCUT2D eigenvalue weighted by molar-refractivity contribution is 7.19. The molecule has 106 valence electrons. The van der Waals surface area contributed by atoms with Gasteiger partial charge in [-0.05, 0) is 37.7 Å². The molecule has 2 N–H and O–H groups in total. The minimum absolute atomic E-state index is 0.485. The van der Waals surface area contributed by atoms with E-state index in [2.05, 4.69) is 22.2 Å². The minimum atomic E-state index is -0.881. The fourth-order valence-corrected chi connectivity index (χ4v) is 4.10. The first kappa shape index (κ1) is 13.3. The zero-order valence-corrected chi connectivity index (χ0v) is 12.3. The first-order valence-corrected chi connectivity index (χ1v) is 7.65. The van der Waals surface area contributed by atoms with Crippen molar-refractivity contribution in [3.63, 3.8) is 0 Å². The van der Waals surface area contributed by atoms with E-state index in [1.54, 1.807) is 18.3 Å². The van der Waals surface area contributed by atoms with Gasteiger partial charge >= 0.3 is 5.97 Å². The van der Waals surface area contributed by atoms with Crippen molar-refractivity contribution >= 4 is 33.3 Å². The van der Waals surface area contributed by atoms with Crippen molar-refractivity contribution in [2.24, 2.45) is 0 Å². The summed E-state index contributed by atoms with van der Waals surface area (Å²) in [5, 5.41) is 13.1. The number of carbonyl (C=O) groups is 1. The SMILES string of the molecule is C[C@H](Nc1ncnc2sc3c(c12)[C@H](C)CCC3)C(=O)O. The second-order valence-electron chi connectivity index (χ2n) is 5.34. The van der Waals surface area contributed by atoms with Gasteiger partial charge in [-0.1, -0.05) is 6.92 Å². The molecule has 3 rings (SSSR count). The predicted octanol–water partition coefficient (Wildman–Crippen LogP) is 3.02. The summed E-state index contributed by atoms with van der Waals surface area (Å²) >= 11 is 1.71. The van der Waals surface area contributed by atoms with Crippen LogP contribution in [0, 0.1) is 0 Å². The first-order valence-electron chi connectivity index (χ1n) is 6.83. The number of carboxylic acid groups (broad SMARTS) is 1. The number of rotatable bonds is 3. The predicted molar refractivity (Wildman–Crippen MR) is 79.5 cm³/mol. The summed E-state index contributed by atoms with van der Waals surface area (Å²) in [6.45, 7) is 3.85. The Morgan fingerprint density at radius 3 is 3.10 bits per heavy atom. The van der Waals surface area contributed by atoms with E-state index in [1.165, 1.54) is 29.6 Å². The monoisotopic (exact) mass is 291 g/mol. The molecule has 1 aliphatic carbocycles. The van der Waals surface area contributed by atoms with Crippen molar-refractivity contribution in [2.75, 3.05) is 5.32 Å². The number of nitrogens with one attached hydrogen (secondary N) is 1. The molecule has 1 aliphatic rings. The van der Waals surface area contributed by atoms with Crippen molar-refractivity contribution in [3.05, 3.63) is 16.8 Å². The Hall–Kier alpha value is -1.69. The molecule has 0 saturated carbocycles. The molecular weight excluding hydrogens is 274 g/mol. The lowest BCUT2D eigenvalue weighted by atomic mass is 9.87. The van der Waals surface area contributed by atoms with E-state index in [0.29, 0.717) is 11.7 Å². The highest BCUT2D eigenvalue weighted by Gasteiger charge is 2.25. The molecule has 0 bridgehead atoms. The van der Waals surface area contributed by atoms with E-state index >= 15 is 0 Å². The fraction of sp³-hybridized carbons (Fsp3) is 0.500. The molecular formula is C14H17N3O2S. The number of aromatic nitrogens is 2. The summed E-state index contributed by atoms with van der Waals surface area (Å²) in [5.41, 5.74) is 1.32. The molecule has 0 spiro atoms. The summed E-state index contributed by atoms with van der Waals surface area (Å²) in [7, 11) is 0. The Kier molecular flexibility index (Phi) is 3.33. The number of fused-ring (bicyclic) bond motifs is 3. The molecule has 0 amide bonds. The van der Waals surface area contributed by atoms with Crippen LogP contribution in [0.2, 0.25) is 0 Å². The van der Waals surface area contributed by atoms with Crippen LogP contribution in [0.5, 0.6) is 0 Å². The average Bonchev–Trinajstić information content (AvgIpc) is 2.79. The van der Waals surface area contributed by atoms with Gasteiger partial charge in [0.25, 0.3) is 0 Å². The third-order valence-electron chi connectivity index (χ3n) is 3.86. The van der Waals surface area contributed by atoms with Gasteiger partial charge in [0.15, 0.2) is 0 Å². The van der Waals surface area contributed by atoms with E-state index in [1.807, 2.05) is 0 Å². The van der Waals surface area contributed by atoms with Gasteiger partial charge in [0, 0.05) is 4.88 Å². The lowest BCUT2D eigenvalue weighted by Crippen LogP contribution is -2.26. The first-order chi connectivity index (χ1) is 9.58. The van der Waals surface area contributed by atoms with Gasteiger partial charge < -0.3 is 10.4 Å². The van der Waals surface area contributed by atoms with Crippen LogP contribution in [0.3, 0.4) is 0 Å². The maximum atomic E-state index is 11.0. The lowest BCUT2D eigenvalue weighted by molar-refractivity contribution is -0.137. The van der Waals surface area contributed by atoms with Gasteiger partial charge in [-0.3, -0.25) is 4.79 Å². The third kappa shape index (κ3) is 2.14. The molecule has 0 saturated heterocycles. The lowest BCUT2D eigenvalue weighted by Gasteiger charge is -2.20. The van der Waals surface area contributed by atoms with Gasteiger partial charge in [-0.2, -0.15) is 0 Å². The zero-order chi connectivity index (χ0) is 14.3. The van der Waals surface area contributed by atoms with Crippen LogP contribution in [0.15, 0.2) is 6.33 Å². The Bertz CT molecular complexity index is 668. The molecule has 0 aromatic carbocycles. The van der Waals surface area contributed by atoms with Crippen LogP contribution >= 0.6 is 11.3 Å². The average molecular weight is 291 g/mol. The molecule has 2 heterocycles. The van der Waals surface area contributed by atoms with E-state index < -0.39 is 12.0 Å². The molecule has 2 aromatic heterocycles. The molecule has 0 aliphatic heterocycles. The third-order valence-corrected chi connectivity index (χ3v) is 5.03. The summed E-state index contributed by atoms with van der Waals surface area (Å²) in [6, 6.07) is -0.664. The smallest absolute Gasteiger partial charge is 0.325 e. The van der Waals surface area contributed by atoms with Crippen molar-refractivity contribution in [2.45, 2.75) is 45.1 Å². The Balaban J connectivity index is 2.13. The molecule has 0 radical (unpaired) electrons. The van der Waals surface area contributed by atoms with Gasteiger partial charge in [-0.25, -0.2) is 9.97 Å². The standard InChI is InChI=1S/C14H17N3O2S/c1-7-4-3-5-9-10(7)11-12(17-8(2)14(18)19)15-6-16-13(11)20-9/h6-8H,3-5H2,1-2H3,(H,18,19)(H,15,16,17)/t7-,8+/m1/s1. The molecule has 6 heteroatoms. The summed E-state index contributed by atoms with van der Waals surface area (Å²) < 4.78 is 0.